The molecule has 5 heteroatoms. The lowest BCUT2D eigenvalue weighted by Crippen LogP contribution is -2.57. The number of hydrogen-bond acceptors (Lipinski definition) is 4. The van der Waals surface area contributed by atoms with Crippen LogP contribution >= 0.6 is 0 Å². The number of fused-ring (bicyclic) bond motifs is 1. The molecule has 0 spiro atoms. The van der Waals surface area contributed by atoms with Crippen LogP contribution in [0.3, 0.4) is 0 Å². The molecule has 0 aromatic carbocycles. The van der Waals surface area contributed by atoms with Gasteiger partial charge in [-0.15, -0.1) is 0 Å². The van der Waals surface area contributed by atoms with Crippen LogP contribution < -0.4 is 0 Å². The summed E-state index contributed by atoms with van der Waals surface area (Å²) in [5.41, 5.74) is 0. The molecule has 0 aromatic heterocycles. The van der Waals surface area contributed by atoms with Crippen molar-refractivity contribution in [2.75, 3.05) is 13.7 Å². The van der Waals surface area contributed by atoms with Crippen LogP contribution in [0.25, 0.3) is 0 Å². The first-order chi connectivity index (χ1) is 8.47. The number of amides is 1. The molecule has 18 heavy (non-hydrogen) atoms. The highest BCUT2D eigenvalue weighted by atomic mass is 16.5. The Kier molecular flexibility index (Phi) is 3.61. The van der Waals surface area contributed by atoms with Crippen LogP contribution in [0.1, 0.15) is 27.2 Å². The minimum Gasteiger partial charge on any atom is -0.467 e. The van der Waals surface area contributed by atoms with Crippen molar-refractivity contribution in [3.63, 3.8) is 0 Å². The molecule has 0 bridgehead atoms. The van der Waals surface area contributed by atoms with Gasteiger partial charge in [0, 0.05) is 0 Å². The van der Waals surface area contributed by atoms with E-state index in [0.29, 0.717) is 13.0 Å². The lowest BCUT2D eigenvalue weighted by atomic mass is 9.99. The predicted molar refractivity (Wildman–Crippen MR) is 64.8 cm³/mol. The van der Waals surface area contributed by atoms with E-state index in [-0.39, 0.29) is 29.8 Å². The topological polar surface area (TPSA) is 55.8 Å². The van der Waals surface area contributed by atoms with Crippen molar-refractivity contribution in [1.82, 2.24) is 4.90 Å². The Morgan fingerprint density at radius 1 is 1.50 bits per heavy atom. The zero-order valence-corrected chi connectivity index (χ0v) is 11.4. The highest BCUT2D eigenvalue weighted by Gasteiger charge is 2.50. The largest absolute Gasteiger partial charge is 0.467 e. The van der Waals surface area contributed by atoms with Gasteiger partial charge in [-0.1, -0.05) is 20.8 Å². The maximum absolute atomic E-state index is 12.4. The summed E-state index contributed by atoms with van der Waals surface area (Å²) in [6.07, 6.45) is 0.232. The first kappa shape index (κ1) is 13.3. The fourth-order valence-electron chi connectivity index (χ4n) is 2.93. The van der Waals surface area contributed by atoms with Crippen molar-refractivity contribution in [2.24, 2.45) is 11.8 Å². The lowest BCUT2D eigenvalue weighted by molar-refractivity contribution is -0.170. The maximum Gasteiger partial charge on any atom is 0.328 e. The average Bonchev–Trinajstić information content (AvgIpc) is 2.67. The summed E-state index contributed by atoms with van der Waals surface area (Å²) in [5, 5.41) is 0. The van der Waals surface area contributed by atoms with Crippen LogP contribution in [0.15, 0.2) is 0 Å². The summed E-state index contributed by atoms with van der Waals surface area (Å²) in [6.45, 7) is 6.47. The Balaban J connectivity index is 2.23. The van der Waals surface area contributed by atoms with Gasteiger partial charge in [0.2, 0.25) is 0 Å². The summed E-state index contributed by atoms with van der Waals surface area (Å²) in [6, 6.07) is -0.427. The molecule has 0 N–H and O–H groups in total. The molecule has 0 radical (unpaired) electrons. The summed E-state index contributed by atoms with van der Waals surface area (Å²) in [5.74, 6) is 0.00178. The Labute approximate surface area is 107 Å². The molecule has 2 rings (SSSR count). The molecule has 4 atom stereocenters. The second kappa shape index (κ2) is 4.88. The maximum atomic E-state index is 12.4. The first-order valence-electron chi connectivity index (χ1n) is 6.49. The smallest absolute Gasteiger partial charge is 0.328 e. The molecular weight excluding hydrogens is 234 g/mol. The molecule has 2 saturated heterocycles. The Morgan fingerprint density at radius 3 is 2.72 bits per heavy atom. The second-order valence-corrected chi connectivity index (χ2v) is 5.56. The minimum atomic E-state index is -0.437. The molecule has 2 fully saturated rings. The van der Waals surface area contributed by atoms with Gasteiger partial charge < -0.3 is 14.4 Å². The van der Waals surface area contributed by atoms with Gasteiger partial charge in [0.25, 0.3) is 5.91 Å². The van der Waals surface area contributed by atoms with Crippen molar-refractivity contribution >= 4 is 11.9 Å². The summed E-state index contributed by atoms with van der Waals surface area (Å²) in [7, 11) is 1.37. The number of nitrogens with zero attached hydrogens (tertiary/aromatic N) is 1. The van der Waals surface area contributed by atoms with Gasteiger partial charge >= 0.3 is 5.97 Å². The van der Waals surface area contributed by atoms with E-state index in [9.17, 15) is 9.59 Å². The van der Waals surface area contributed by atoms with Crippen molar-refractivity contribution in [3.05, 3.63) is 0 Å². The molecule has 2 aliphatic rings. The Morgan fingerprint density at radius 2 is 2.17 bits per heavy atom. The van der Waals surface area contributed by atoms with E-state index < -0.39 is 12.1 Å². The van der Waals surface area contributed by atoms with Crippen LogP contribution in [0, 0.1) is 11.8 Å². The lowest BCUT2D eigenvalue weighted by Gasteiger charge is -2.39. The van der Waals surface area contributed by atoms with Crippen LogP contribution in [-0.4, -0.2) is 48.7 Å². The summed E-state index contributed by atoms with van der Waals surface area (Å²) < 4.78 is 10.5. The summed E-state index contributed by atoms with van der Waals surface area (Å²) in [4.78, 5) is 25.9. The molecule has 2 aliphatic heterocycles. The zero-order valence-electron chi connectivity index (χ0n) is 11.4. The molecule has 0 saturated carbocycles. The van der Waals surface area contributed by atoms with Crippen molar-refractivity contribution in [1.29, 1.82) is 0 Å². The molecule has 5 nitrogen and oxygen atoms in total. The fraction of sp³-hybridized carbons (Fsp3) is 0.846. The van der Waals surface area contributed by atoms with Crippen LogP contribution in [0.5, 0.6) is 0 Å². The third-order valence-corrected chi connectivity index (χ3v) is 3.97. The number of esters is 1. The van der Waals surface area contributed by atoms with Crippen molar-refractivity contribution in [3.8, 4) is 0 Å². The van der Waals surface area contributed by atoms with Crippen LogP contribution in [0.2, 0.25) is 0 Å². The third-order valence-electron chi connectivity index (χ3n) is 3.97. The van der Waals surface area contributed by atoms with Gasteiger partial charge in [-0.3, -0.25) is 4.79 Å². The highest BCUT2D eigenvalue weighted by molar-refractivity contribution is 5.88. The fourth-order valence-corrected chi connectivity index (χ4v) is 2.93. The average molecular weight is 255 g/mol. The normalized spacial score (nSPS) is 35.8. The summed E-state index contributed by atoms with van der Waals surface area (Å²) >= 11 is 0. The highest BCUT2D eigenvalue weighted by Crippen LogP contribution is 2.35. The van der Waals surface area contributed by atoms with E-state index in [4.69, 9.17) is 9.47 Å². The number of carbonyl (C=O) groups is 2. The SMILES string of the molecule is COC(=O)[C@@H]1C[C@@H](C)[C@H]2CO[C@H](C(C)C)C(=O)N21. The van der Waals surface area contributed by atoms with E-state index in [1.54, 1.807) is 4.90 Å². The number of rotatable bonds is 2. The van der Waals surface area contributed by atoms with Gasteiger partial charge in [-0.25, -0.2) is 4.79 Å². The van der Waals surface area contributed by atoms with Crippen molar-refractivity contribution in [2.45, 2.75) is 45.4 Å². The third kappa shape index (κ3) is 2.00. The molecule has 2 heterocycles. The molecule has 0 unspecified atom stereocenters. The van der Waals surface area contributed by atoms with Gasteiger partial charge in [0.1, 0.15) is 12.1 Å². The number of ether oxygens (including phenoxy) is 2. The molecular formula is C13H21NO4. The number of morpholine rings is 1. The predicted octanol–water partition coefficient (Wildman–Crippen LogP) is 0.820. The first-order valence-corrected chi connectivity index (χ1v) is 6.49. The van der Waals surface area contributed by atoms with Crippen molar-refractivity contribution < 1.29 is 19.1 Å². The number of methoxy groups -OCH3 is 1. The van der Waals surface area contributed by atoms with E-state index >= 15 is 0 Å². The van der Waals surface area contributed by atoms with Crippen LogP contribution in [-0.2, 0) is 19.1 Å². The van der Waals surface area contributed by atoms with Gasteiger partial charge in [0.05, 0.1) is 19.8 Å². The van der Waals surface area contributed by atoms with Gasteiger partial charge in [-0.2, -0.15) is 0 Å². The second-order valence-electron chi connectivity index (χ2n) is 5.56. The number of carbonyl (C=O) groups excluding carboxylic acids is 2. The van der Waals surface area contributed by atoms with Gasteiger partial charge in [0.15, 0.2) is 0 Å². The molecule has 0 aliphatic carbocycles. The van der Waals surface area contributed by atoms with Crippen LogP contribution in [0.4, 0.5) is 0 Å². The van der Waals surface area contributed by atoms with E-state index in [1.165, 1.54) is 7.11 Å². The number of hydrogen-bond donors (Lipinski definition) is 0. The van der Waals surface area contributed by atoms with E-state index in [0.717, 1.165) is 0 Å². The quantitative estimate of drug-likeness (QED) is 0.685. The Bertz CT molecular complexity index is 355. The van der Waals surface area contributed by atoms with Gasteiger partial charge in [-0.05, 0) is 18.3 Å². The van der Waals surface area contributed by atoms with E-state index in [2.05, 4.69) is 0 Å². The molecule has 0 aromatic rings. The Hall–Kier alpha value is -1.10. The molecule has 1 amide bonds. The standard InChI is InChI=1S/C13H21NO4/c1-7(2)11-12(15)14-9(13(16)17-4)5-8(3)10(14)6-18-11/h7-11H,5-6H2,1-4H3/t8-,9+,10-,11-/m1/s1. The minimum absolute atomic E-state index is 0.0107. The van der Waals surface area contributed by atoms with E-state index in [1.807, 2.05) is 20.8 Å². The zero-order chi connectivity index (χ0) is 13.4. The molecule has 102 valence electrons. The monoisotopic (exact) mass is 255 g/mol.